The number of aryl methyl sites for hydroxylation is 2. The Bertz CT molecular complexity index is 1680. The molecule has 43 heavy (non-hydrogen) atoms. The van der Waals surface area contributed by atoms with E-state index in [1.165, 1.54) is 36.2 Å². The number of benzene rings is 2. The molecule has 0 amide bonds. The number of ether oxygens (including phenoxy) is 1. The second kappa shape index (κ2) is 11.1. The zero-order valence-corrected chi connectivity index (χ0v) is 25.9. The van der Waals surface area contributed by atoms with Crippen molar-refractivity contribution < 1.29 is 10.6 Å². The van der Waals surface area contributed by atoms with Crippen LogP contribution in [0.15, 0.2) is 59.2 Å². The van der Waals surface area contributed by atoms with Crippen LogP contribution in [0.3, 0.4) is 0 Å². The lowest BCUT2D eigenvalue weighted by atomic mass is 9.42. The highest BCUT2D eigenvalue weighted by Gasteiger charge is 2.58. The number of nitrogens with one attached hydrogen (secondary N) is 1. The van der Waals surface area contributed by atoms with E-state index < -0.39 is 0 Å². The average molecular weight is 586 g/mol. The maximum atomic E-state index is 14.4. The number of hydrogen-bond donors (Lipinski definition) is 1. The lowest BCUT2D eigenvalue weighted by Gasteiger charge is -2.64. The second-order valence-electron chi connectivity index (χ2n) is 13.5. The Morgan fingerprint density at radius 1 is 1.26 bits per heavy atom. The molecule has 228 valence electrons. The number of methoxy groups -OCH3 is 1. The summed E-state index contributed by atoms with van der Waals surface area (Å²) < 4.78 is 21.0. The third-order valence-electron chi connectivity index (χ3n) is 11.0. The zero-order valence-electron chi connectivity index (χ0n) is 25.9. The molecule has 0 aliphatic heterocycles. The molecule has 1 aromatic heterocycles. The number of nitrogens with zero attached hydrogens (tertiary/aromatic N) is 4. The molecular formula is C35H44FN5O2. The molecule has 5 atom stereocenters. The van der Waals surface area contributed by atoms with Crippen LogP contribution in [0.4, 0.5) is 10.1 Å². The highest BCUT2D eigenvalue weighted by atomic mass is 19.1. The van der Waals surface area contributed by atoms with E-state index in [9.17, 15) is 14.4 Å². The van der Waals surface area contributed by atoms with Crippen molar-refractivity contribution in [1.29, 1.82) is 5.26 Å². The monoisotopic (exact) mass is 585 g/mol. The Morgan fingerprint density at radius 3 is 2.72 bits per heavy atom. The molecule has 2 bridgehead atoms. The van der Waals surface area contributed by atoms with Crippen molar-refractivity contribution in [2.45, 2.75) is 65.1 Å². The summed E-state index contributed by atoms with van der Waals surface area (Å²) in [6, 6.07) is 12.7. The van der Waals surface area contributed by atoms with E-state index in [1.807, 2.05) is 18.2 Å². The molecule has 8 heteroatoms. The number of fused-ring (bicyclic) bond motifs is 3. The molecule has 7 nitrogen and oxygen atoms in total. The Balaban J connectivity index is 0.00000384. The summed E-state index contributed by atoms with van der Waals surface area (Å²) in [4.78, 5) is 20.1. The van der Waals surface area contributed by atoms with Crippen LogP contribution in [-0.4, -0.2) is 40.8 Å². The number of anilines is 1. The topological polar surface area (TPSA) is 83.2 Å². The van der Waals surface area contributed by atoms with Gasteiger partial charge in [-0.3, -0.25) is 14.3 Å². The van der Waals surface area contributed by atoms with E-state index >= 15 is 0 Å². The Kier molecular flexibility index (Phi) is 7.58. The Labute approximate surface area is 254 Å². The molecular weight excluding hydrogens is 541 g/mol. The third kappa shape index (κ3) is 5.12. The zero-order chi connectivity index (χ0) is 30.5. The van der Waals surface area contributed by atoms with Gasteiger partial charge in [0, 0.05) is 39.1 Å². The number of hydrogen-bond acceptors (Lipinski definition) is 6. The standard InChI is InChI=1S/C35H42FN5O2.H2/c1-22-29(15-25-16-30(22)34(25,2)3)24-19-35(20-24,40(4)13-6-12-37)39-26-8-10-28-32(17-26)38-21-41(33(28)42)14-11-23-7-9-27(43-5)18-31(23)36;/h7-10,17-19,21-22,25,29-30,39H,6,11,13-16,20H2,1-5H3;1H/t22?,25-,29?,30-,35?;/m1./s1. The molecule has 3 aromatic rings. The highest BCUT2D eigenvalue weighted by Crippen LogP contribution is 2.65. The maximum absolute atomic E-state index is 14.4. The van der Waals surface area contributed by atoms with Crippen molar-refractivity contribution in [2.24, 2.45) is 29.1 Å². The molecule has 0 saturated heterocycles. The van der Waals surface area contributed by atoms with Gasteiger partial charge in [-0.2, -0.15) is 5.26 Å². The normalized spacial score (nSPS) is 27.2. The van der Waals surface area contributed by atoms with Gasteiger partial charge in [0.15, 0.2) is 0 Å². The van der Waals surface area contributed by atoms with Crippen LogP contribution in [0.2, 0.25) is 0 Å². The number of likely N-dealkylation sites (N-methyl/N-ethyl adjacent to an activating group) is 1. The van der Waals surface area contributed by atoms with Crippen molar-refractivity contribution in [3.63, 3.8) is 0 Å². The van der Waals surface area contributed by atoms with Crippen molar-refractivity contribution in [3.8, 4) is 11.8 Å². The van der Waals surface area contributed by atoms with Gasteiger partial charge < -0.3 is 10.1 Å². The first-order valence-electron chi connectivity index (χ1n) is 15.5. The minimum Gasteiger partial charge on any atom is -0.497 e. The van der Waals surface area contributed by atoms with E-state index in [-0.39, 0.29) is 18.5 Å². The van der Waals surface area contributed by atoms with Crippen LogP contribution in [0.25, 0.3) is 10.9 Å². The minimum atomic E-state index is -0.381. The quantitative estimate of drug-likeness (QED) is 0.212. The molecule has 4 aliphatic rings. The second-order valence-corrected chi connectivity index (χ2v) is 13.5. The van der Waals surface area contributed by atoms with Gasteiger partial charge in [0.1, 0.15) is 17.2 Å². The van der Waals surface area contributed by atoms with Crippen LogP contribution in [-0.2, 0) is 13.0 Å². The number of halogens is 1. The van der Waals surface area contributed by atoms with Gasteiger partial charge in [-0.05, 0) is 91.3 Å². The van der Waals surface area contributed by atoms with Gasteiger partial charge in [-0.25, -0.2) is 9.37 Å². The fourth-order valence-electron chi connectivity index (χ4n) is 8.05. The van der Waals surface area contributed by atoms with Crippen LogP contribution >= 0.6 is 0 Å². The fourth-order valence-corrected chi connectivity index (χ4v) is 8.05. The first-order chi connectivity index (χ1) is 20.6. The number of nitriles is 1. The van der Waals surface area contributed by atoms with Crippen molar-refractivity contribution >= 4 is 16.6 Å². The third-order valence-corrected chi connectivity index (χ3v) is 11.0. The molecule has 4 aliphatic carbocycles. The van der Waals surface area contributed by atoms with Gasteiger partial charge >= 0.3 is 0 Å². The molecule has 0 spiro atoms. The van der Waals surface area contributed by atoms with E-state index in [1.54, 1.807) is 18.5 Å². The summed E-state index contributed by atoms with van der Waals surface area (Å²) >= 11 is 0. The largest absolute Gasteiger partial charge is 0.497 e. The van der Waals surface area contributed by atoms with E-state index in [0.29, 0.717) is 65.4 Å². The van der Waals surface area contributed by atoms with Gasteiger partial charge in [0.2, 0.25) is 0 Å². The molecule has 3 saturated carbocycles. The molecule has 1 heterocycles. The average Bonchev–Trinajstić information content (AvgIpc) is 2.97. The Hall–Kier alpha value is -3.70. The highest BCUT2D eigenvalue weighted by molar-refractivity contribution is 5.81. The molecule has 3 unspecified atom stereocenters. The first kappa shape index (κ1) is 29.4. The number of aromatic nitrogens is 2. The van der Waals surface area contributed by atoms with Gasteiger partial charge in [0.05, 0.1) is 30.4 Å². The Morgan fingerprint density at radius 2 is 2.05 bits per heavy atom. The lowest BCUT2D eigenvalue weighted by molar-refractivity contribution is -0.122. The molecule has 0 radical (unpaired) electrons. The van der Waals surface area contributed by atoms with Crippen LogP contribution in [0.5, 0.6) is 5.75 Å². The lowest BCUT2D eigenvalue weighted by Crippen LogP contribution is -2.60. The minimum absolute atomic E-state index is 0. The van der Waals surface area contributed by atoms with Crippen LogP contribution < -0.4 is 15.6 Å². The summed E-state index contributed by atoms with van der Waals surface area (Å²) in [5.41, 5.74) is 3.49. The van der Waals surface area contributed by atoms with E-state index in [2.05, 4.69) is 55.2 Å². The smallest absolute Gasteiger partial charge is 0.261 e. The van der Waals surface area contributed by atoms with Gasteiger partial charge in [-0.15, -0.1) is 0 Å². The van der Waals surface area contributed by atoms with E-state index in [0.717, 1.165) is 23.9 Å². The van der Waals surface area contributed by atoms with Crippen molar-refractivity contribution in [2.75, 3.05) is 26.0 Å². The van der Waals surface area contributed by atoms with Crippen LogP contribution in [0.1, 0.15) is 53.4 Å². The number of rotatable bonds is 10. The van der Waals surface area contributed by atoms with Crippen molar-refractivity contribution in [1.82, 2.24) is 14.5 Å². The maximum Gasteiger partial charge on any atom is 0.261 e. The van der Waals surface area contributed by atoms with Gasteiger partial charge in [-0.1, -0.05) is 32.4 Å². The summed E-state index contributed by atoms with van der Waals surface area (Å²) in [6.07, 6.45) is 8.33. The summed E-state index contributed by atoms with van der Waals surface area (Å²) in [6.45, 7) is 8.31. The van der Waals surface area contributed by atoms with Crippen molar-refractivity contribution in [3.05, 3.63) is 76.1 Å². The SMILES string of the molecule is COc1ccc(CCn2cnc3cc(NC4(N(C)CCC#N)C=C(C5C[C@@H]6C[C@H](C5C)C6(C)C)C4)ccc3c2=O)c(F)c1.[HH]. The summed E-state index contributed by atoms with van der Waals surface area (Å²) in [5.74, 6) is 3.02. The molecule has 2 aromatic carbocycles. The first-order valence-corrected chi connectivity index (χ1v) is 15.5. The molecule has 3 fully saturated rings. The van der Waals surface area contributed by atoms with Gasteiger partial charge in [0.25, 0.3) is 5.56 Å². The fraction of sp³-hybridized carbons (Fsp3) is 0.514. The van der Waals surface area contributed by atoms with Crippen LogP contribution in [0, 0.1) is 46.2 Å². The predicted molar refractivity (Wildman–Crippen MR) is 169 cm³/mol. The predicted octanol–water partition coefficient (Wildman–Crippen LogP) is 6.63. The van der Waals surface area contributed by atoms with E-state index in [4.69, 9.17) is 4.74 Å². The molecule has 7 rings (SSSR count). The molecule has 1 N–H and O–H groups in total. The summed E-state index contributed by atoms with van der Waals surface area (Å²) in [5, 5.41) is 13.5. The summed E-state index contributed by atoms with van der Waals surface area (Å²) in [7, 11) is 3.58.